The lowest BCUT2D eigenvalue weighted by molar-refractivity contribution is -0.141. The summed E-state index contributed by atoms with van der Waals surface area (Å²) in [4.78, 5) is 10.8. The zero-order valence-electron chi connectivity index (χ0n) is 10.0. The second-order valence-corrected chi connectivity index (χ2v) is 4.92. The van der Waals surface area contributed by atoms with Crippen LogP contribution in [0.2, 0.25) is 0 Å². The first kappa shape index (κ1) is 12.6. The summed E-state index contributed by atoms with van der Waals surface area (Å²) in [5.74, 6) is -1.20. The van der Waals surface area contributed by atoms with Gasteiger partial charge in [-0.25, -0.2) is 0 Å². The number of carboxylic acid groups (broad SMARTS) is 1. The number of carboxylic acids is 1. The van der Waals surface area contributed by atoms with E-state index in [4.69, 9.17) is 10.8 Å². The van der Waals surface area contributed by atoms with Crippen LogP contribution in [0.25, 0.3) is 0 Å². The molecule has 0 saturated heterocycles. The van der Waals surface area contributed by atoms with E-state index in [9.17, 15) is 4.79 Å². The molecule has 0 aromatic rings. The Morgan fingerprint density at radius 3 is 2.75 bits per heavy atom. The lowest BCUT2D eigenvalue weighted by atomic mass is 9.91. The second-order valence-electron chi connectivity index (χ2n) is 4.92. The summed E-state index contributed by atoms with van der Waals surface area (Å²) in [6, 6.07) is 0. The van der Waals surface area contributed by atoms with Gasteiger partial charge in [-0.1, -0.05) is 45.1 Å². The molecule has 0 amide bonds. The molecular weight excluding hydrogens is 202 g/mol. The van der Waals surface area contributed by atoms with Gasteiger partial charge in [0.2, 0.25) is 0 Å². The predicted octanol–water partition coefficient (Wildman–Crippen LogP) is 2.46. The first-order chi connectivity index (χ1) is 7.32. The van der Waals surface area contributed by atoms with Gasteiger partial charge in [0.05, 0.1) is 5.92 Å². The van der Waals surface area contributed by atoms with Gasteiger partial charge in [-0.2, -0.15) is 0 Å². The molecule has 0 aliphatic heterocycles. The third-order valence-corrected chi connectivity index (χ3v) is 2.67. The van der Waals surface area contributed by atoms with E-state index in [0.717, 1.165) is 5.57 Å². The summed E-state index contributed by atoms with van der Waals surface area (Å²) >= 11 is 0. The number of aliphatic carboxylic acids is 1. The average Bonchev–Trinajstić information content (AvgIpc) is 2.25. The maximum atomic E-state index is 10.8. The zero-order chi connectivity index (χ0) is 12.3. The Morgan fingerprint density at radius 1 is 1.56 bits per heavy atom. The third kappa shape index (κ3) is 3.26. The first-order valence-electron chi connectivity index (χ1n) is 5.42. The monoisotopic (exact) mass is 221 g/mol. The highest BCUT2D eigenvalue weighted by Crippen LogP contribution is 2.27. The number of hydrogen-bond donors (Lipinski definition) is 2. The SMILES string of the molecule is CC(CC1=CC=CC(C)(C)C=C1N)C(=O)O. The van der Waals surface area contributed by atoms with E-state index in [1.54, 1.807) is 6.92 Å². The van der Waals surface area contributed by atoms with E-state index < -0.39 is 11.9 Å². The molecule has 0 saturated carbocycles. The molecule has 0 spiro atoms. The van der Waals surface area contributed by atoms with E-state index in [0.29, 0.717) is 12.1 Å². The molecule has 0 aromatic carbocycles. The largest absolute Gasteiger partial charge is 0.481 e. The van der Waals surface area contributed by atoms with Crippen molar-refractivity contribution in [2.24, 2.45) is 17.1 Å². The molecule has 1 rings (SSSR count). The van der Waals surface area contributed by atoms with Crippen molar-refractivity contribution in [2.45, 2.75) is 27.2 Å². The summed E-state index contributed by atoms with van der Waals surface area (Å²) in [6.07, 6.45) is 8.34. The molecule has 1 atom stereocenters. The standard InChI is InChI=1S/C13H19NO2/c1-9(12(15)16)7-10-5-4-6-13(2,3)8-11(10)14/h4-6,8-9H,7,14H2,1-3H3,(H,15,16). The Labute approximate surface area is 96.3 Å². The van der Waals surface area contributed by atoms with Crippen LogP contribution in [0.15, 0.2) is 35.6 Å². The first-order valence-corrected chi connectivity index (χ1v) is 5.42. The van der Waals surface area contributed by atoms with E-state index in [-0.39, 0.29) is 5.41 Å². The van der Waals surface area contributed by atoms with Gasteiger partial charge in [-0.3, -0.25) is 4.79 Å². The molecule has 16 heavy (non-hydrogen) atoms. The Morgan fingerprint density at radius 2 is 2.19 bits per heavy atom. The lowest BCUT2D eigenvalue weighted by Crippen LogP contribution is -2.14. The Hall–Kier alpha value is -1.51. The quantitative estimate of drug-likeness (QED) is 0.769. The van der Waals surface area contributed by atoms with Crippen LogP contribution < -0.4 is 5.73 Å². The molecule has 3 N–H and O–H groups in total. The van der Waals surface area contributed by atoms with Crippen molar-refractivity contribution in [1.29, 1.82) is 0 Å². The topological polar surface area (TPSA) is 63.3 Å². The van der Waals surface area contributed by atoms with Crippen LogP contribution in [0.1, 0.15) is 27.2 Å². The fourth-order valence-corrected chi connectivity index (χ4v) is 1.65. The number of carbonyl (C=O) groups is 1. The summed E-state index contributed by atoms with van der Waals surface area (Å²) in [7, 11) is 0. The Bertz CT molecular complexity index is 375. The Balaban J connectivity index is 2.87. The van der Waals surface area contributed by atoms with Gasteiger partial charge in [-0.05, 0) is 12.0 Å². The van der Waals surface area contributed by atoms with Crippen molar-refractivity contribution in [3.05, 3.63) is 35.6 Å². The van der Waals surface area contributed by atoms with Crippen molar-refractivity contribution in [3.63, 3.8) is 0 Å². The average molecular weight is 221 g/mol. The van der Waals surface area contributed by atoms with Gasteiger partial charge < -0.3 is 10.8 Å². The molecule has 3 heteroatoms. The van der Waals surface area contributed by atoms with Crippen LogP contribution in [0.3, 0.4) is 0 Å². The molecule has 0 radical (unpaired) electrons. The predicted molar refractivity (Wildman–Crippen MR) is 64.7 cm³/mol. The highest BCUT2D eigenvalue weighted by atomic mass is 16.4. The lowest BCUT2D eigenvalue weighted by Gasteiger charge is -2.16. The fraction of sp³-hybridized carbons (Fsp3) is 0.462. The molecule has 0 heterocycles. The van der Waals surface area contributed by atoms with E-state index in [1.165, 1.54) is 0 Å². The maximum absolute atomic E-state index is 10.8. The fourth-order valence-electron chi connectivity index (χ4n) is 1.65. The van der Waals surface area contributed by atoms with Crippen molar-refractivity contribution in [1.82, 2.24) is 0 Å². The summed E-state index contributed by atoms with van der Waals surface area (Å²) in [5.41, 5.74) is 7.47. The molecule has 1 unspecified atom stereocenters. The smallest absolute Gasteiger partial charge is 0.306 e. The van der Waals surface area contributed by atoms with Crippen LogP contribution in [-0.2, 0) is 4.79 Å². The van der Waals surface area contributed by atoms with Crippen LogP contribution >= 0.6 is 0 Å². The minimum atomic E-state index is -0.791. The Kier molecular flexibility index (Phi) is 3.58. The summed E-state index contributed by atoms with van der Waals surface area (Å²) < 4.78 is 0. The van der Waals surface area contributed by atoms with Crippen LogP contribution in [0, 0.1) is 11.3 Å². The van der Waals surface area contributed by atoms with Crippen LogP contribution in [0.5, 0.6) is 0 Å². The van der Waals surface area contributed by atoms with Crippen LogP contribution in [-0.4, -0.2) is 11.1 Å². The molecule has 1 aliphatic carbocycles. The number of rotatable bonds is 3. The van der Waals surface area contributed by atoms with E-state index >= 15 is 0 Å². The van der Waals surface area contributed by atoms with Gasteiger partial charge in [-0.15, -0.1) is 0 Å². The molecule has 0 fully saturated rings. The molecule has 1 aliphatic rings. The number of hydrogen-bond acceptors (Lipinski definition) is 2. The van der Waals surface area contributed by atoms with Gasteiger partial charge >= 0.3 is 5.97 Å². The van der Waals surface area contributed by atoms with Gasteiger partial charge in [0.15, 0.2) is 0 Å². The highest BCUT2D eigenvalue weighted by molar-refractivity contribution is 5.70. The third-order valence-electron chi connectivity index (χ3n) is 2.67. The molecule has 88 valence electrons. The zero-order valence-corrected chi connectivity index (χ0v) is 10.0. The van der Waals surface area contributed by atoms with Gasteiger partial charge in [0.25, 0.3) is 0 Å². The highest BCUT2D eigenvalue weighted by Gasteiger charge is 2.18. The normalized spacial score (nSPS) is 20.7. The minimum absolute atomic E-state index is 0.0746. The van der Waals surface area contributed by atoms with Gasteiger partial charge in [0, 0.05) is 11.1 Å². The van der Waals surface area contributed by atoms with Crippen LogP contribution in [0.4, 0.5) is 0 Å². The molecular formula is C13H19NO2. The molecule has 3 nitrogen and oxygen atoms in total. The van der Waals surface area contributed by atoms with Crippen molar-refractivity contribution >= 4 is 5.97 Å². The summed E-state index contributed by atoms with van der Waals surface area (Å²) in [6.45, 7) is 5.82. The maximum Gasteiger partial charge on any atom is 0.306 e. The van der Waals surface area contributed by atoms with Crippen molar-refractivity contribution in [2.75, 3.05) is 0 Å². The van der Waals surface area contributed by atoms with Crippen molar-refractivity contribution in [3.8, 4) is 0 Å². The second kappa shape index (κ2) is 4.56. The number of nitrogens with two attached hydrogens (primary N) is 1. The van der Waals surface area contributed by atoms with E-state index in [2.05, 4.69) is 19.9 Å². The molecule has 0 bridgehead atoms. The number of allylic oxidation sites excluding steroid dienone is 5. The van der Waals surface area contributed by atoms with Crippen molar-refractivity contribution < 1.29 is 9.90 Å². The van der Waals surface area contributed by atoms with Gasteiger partial charge in [0.1, 0.15) is 0 Å². The molecule has 0 aromatic heterocycles. The van der Waals surface area contributed by atoms with E-state index in [1.807, 2.05) is 18.2 Å². The minimum Gasteiger partial charge on any atom is -0.481 e. The summed E-state index contributed by atoms with van der Waals surface area (Å²) in [5, 5.41) is 8.87.